The number of hydrogen-bond acceptors (Lipinski definition) is 1. The molecule has 2 aromatic rings. The van der Waals surface area contributed by atoms with Gasteiger partial charge in [0.25, 0.3) is 0 Å². The fourth-order valence-corrected chi connectivity index (χ4v) is 7.65. The van der Waals surface area contributed by atoms with E-state index in [0.717, 1.165) is 85.5 Å². The SMILES string of the molecule is CCCCC[C@H]1CC[C@H](C(=CCOCC=C(c2ccc(F)c(F)c2)[C@H]2CC[C@H](CCCCC)CC2)c2ccc(F)c(F)c2)CC1. The van der Waals surface area contributed by atoms with E-state index in [1.54, 1.807) is 12.1 Å². The molecule has 248 valence electrons. The van der Waals surface area contributed by atoms with Crippen LogP contribution in [-0.4, -0.2) is 13.2 Å². The molecule has 0 bridgehead atoms. The van der Waals surface area contributed by atoms with Crippen molar-refractivity contribution in [1.29, 1.82) is 0 Å². The molecule has 1 nitrogen and oxygen atoms in total. The second-order valence-electron chi connectivity index (χ2n) is 13.5. The number of rotatable bonds is 16. The Morgan fingerprint density at radius 1 is 0.578 bits per heavy atom. The Balaban J connectivity index is 1.43. The molecular weight excluding hydrogens is 572 g/mol. The van der Waals surface area contributed by atoms with Crippen LogP contribution in [0.3, 0.4) is 0 Å². The quantitative estimate of drug-likeness (QED) is 0.133. The van der Waals surface area contributed by atoms with Crippen molar-refractivity contribution in [2.45, 2.75) is 117 Å². The van der Waals surface area contributed by atoms with E-state index in [-0.39, 0.29) is 0 Å². The highest BCUT2D eigenvalue weighted by Gasteiger charge is 2.26. The van der Waals surface area contributed by atoms with E-state index < -0.39 is 23.3 Å². The maximum atomic E-state index is 14.3. The highest BCUT2D eigenvalue weighted by atomic mass is 19.2. The average molecular weight is 627 g/mol. The van der Waals surface area contributed by atoms with Crippen LogP contribution in [0.5, 0.6) is 0 Å². The molecule has 2 fully saturated rings. The molecule has 0 saturated heterocycles. The summed E-state index contributed by atoms with van der Waals surface area (Å²) in [5, 5.41) is 0. The molecular formula is C40H54F4O. The Morgan fingerprint density at radius 3 is 1.33 bits per heavy atom. The Hall–Kier alpha value is -2.40. The van der Waals surface area contributed by atoms with E-state index in [2.05, 4.69) is 13.8 Å². The second-order valence-corrected chi connectivity index (χ2v) is 13.5. The zero-order chi connectivity index (χ0) is 32.0. The monoisotopic (exact) mass is 626 g/mol. The van der Waals surface area contributed by atoms with Gasteiger partial charge in [-0.3, -0.25) is 0 Å². The van der Waals surface area contributed by atoms with Crippen molar-refractivity contribution in [1.82, 2.24) is 0 Å². The van der Waals surface area contributed by atoms with Crippen molar-refractivity contribution in [2.24, 2.45) is 23.7 Å². The predicted molar refractivity (Wildman–Crippen MR) is 179 cm³/mol. The standard InChI is InChI=1S/C40H54F4O/c1-3-5-7-9-29-11-15-31(16-12-29)35(33-19-21-37(41)39(43)27-33)23-25-45-26-24-36(34-20-22-38(42)40(44)28-34)32-17-13-30(14-18-32)10-8-6-4-2/h19-24,27-32H,3-18,25-26H2,1-2H3/t29-,30-,31-,32-. The summed E-state index contributed by atoms with van der Waals surface area (Å²) < 4.78 is 62.2. The molecule has 0 N–H and O–H groups in total. The van der Waals surface area contributed by atoms with Gasteiger partial charge in [-0.05, 0) is 122 Å². The van der Waals surface area contributed by atoms with Crippen molar-refractivity contribution >= 4 is 11.1 Å². The largest absolute Gasteiger partial charge is 0.373 e. The van der Waals surface area contributed by atoms with Crippen molar-refractivity contribution in [3.05, 3.63) is 82.9 Å². The van der Waals surface area contributed by atoms with E-state index in [0.29, 0.717) is 25.0 Å². The first-order valence-electron chi connectivity index (χ1n) is 17.8. The van der Waals surface area contributed by atoms with Gasteiger partial charge in [0.05, 0.1) is 13.2 Å². The minimum Gasteiger partial charge on any atom is -0.373 e. The molecule has 2 aliphatic carbocycles. The molecule has 0 heterocycles. The zero-order valence-corrected chi connectivity index (χ0v) is 27.6. The summed E-state index contributed by atoms with van der Waals surface area (Å²) in [6.07, 6.45) is 23.1. The molecule has 0 spiro atoms. The fourth-order valence-electron chi connectivity index (χ4n) is 7.65. The molecule has 5 heteroatoms. The van der Waals surface area contributed by atoms with Gasteiger partial charge in [-0.25, -0.2) is 17.6 Å². The molecule has 0 radical (unpaired) electrons. The van der Waals surface area contributed by atoms with Crippen LogP contribution < -0.4 is 0 Å². The smallest absolute Gasteiger partial charge is 0.159 e. The average Bonchev–Trinajstić information content (AvgIpc) is 3.05. The van der Waals surface area contributed by atoms with Gasteiger partial charge in [-0.2, -0.15) is 0 Å². The number of unbranched alkanes of at least 4 members (excludes halogenated alkanes) is 4. The van der Waals surface area contributed by atoms with Crippen LogP contribution in [0.4, 0.5) is 17.6 Å². The third-order valence-corrected chi connectivity index (χ3v) is 10.4. The van der Waals surface area contributed by atoms with Crippen LogP contribution in [0, 0.1) is 46.9 Å². The van der Waals surface area contributed by atoms with Crippen LogP contribution in [0.1, 0.15) is 128 Å². The highest BCUT2D eigenvalue weighted by Crippen LogP contribution is 2.41. The Kier molecular flexibility index (Phi) is 14.7. The number of hydrogen-bond donors (Lipinski definition) is 0. The van der Waals surface area contributed by atoms with Gasteiger partial charge in [0, 0.05) is 0 Å². The molecule has 0 aromatic heterocycles. The first kappa shape index (κ1) is 35.5. The third-order valence-electron chi connectivity index (χ3n) is 10.4. The number of halogens is 4. The van der Waals surface area contributed by atoms with Crippen molar-refractivity contribution in [3.8, 4) is 0 Å². The molecule has 0 aliphatic heterocycles. The van der Waals surface area contributed by atoms with Crippen LogP contribution in [-0.2, 0) is 4.74 Å². The Bertz CT molecular complexity index is 1140. The summed E-state index contributed by atoms with van der Waals surface area (Å²) in [6, 6.07) is 8.41. The summed E-state index contributed by atoms with van der Waals surface area (Å²) in [5.74, 6) is -1.23. The predicted octanol–water partition coefficient (Wildman–Crippen LogP) is 12.5. The van der Waals surface area contributed by atoms with Crippen LogP contribution in [0.2, 0.25) is 0 Å². The fraction of sp³-hybridized carbons (Fsp3) is 0.600. The van der Waals surface area contributed by atoms with Crippen molar-refractivity contribution < 1.29 is 22.3 Å². The Morgan fingerprint density at radius 2 is 0.978 bits per heavy atom. The van der Waals surface area contributed by atoms with Crippen molar-refractivity contribution in [2.75, 3.05) is 13.2 Å². The van der Waals surface area contributed by atoms with E-state index >= 15 is 0 Å². The number of benzene rings is 2. The maximum Gasteiger partial charge on any atom is 0.159 e. The van der Waals surface area contributed by atoms with Gasteiger partial charge in [0.15, 0.2) is 23.3 Å². The molecule has 2 saturated carbocycles. The lowest BCUT2D eigenvalue weighted by Crippen LogP contribution is -2.17. The third kappa shape index (κ3) is 10.8. The minimum atomic E-state index is -0.834. The number of allylic oxidation sites excluding steroid dienone is 2. The minimum absolute atomic E-state index is 0.293. The molecule has 0 atom stereocenters. The molecule has 0 amide bonds. The Labute approximate surface area is 269 Å². The molecule has 4 rings (SSSR count). The molecule has 45 heavy (non-hydrogen) atoms. The van der Waals surface area contributed by atoms with Gasteiger partial charge in [0.2, 0.25) is 0 Å². The van der Waals surface area contributed by atoms with E-state index in [9.17, 15) is 17.6 Å². The van der Waals surface area contributed by atoms with Crippen LogP contribution in [0.25, 0.3) is 11.1 Å². The van der Waals surface area contributed by atoms with E-state index in [4.69, 9.17) is 4.74 Å². The van der Waals surface area contributed by atoms with E-state index in [1.807, 2.05) is 12.2 Å². The lowest BCUT2D eigenvalue weighted by molar-refractivity contribution is 0.193. The summed E-state index contributed by atoms with van der Waals surface area (Å²) in [5.41, 5.74) is 3.51. The summed E-state index contributed by atoms with van der Waals surface area (Å²) in [7, 11) is 0. The van der Waals surface area contributed by atoms with Crippen LogP contribution in [0.15, 0.2) is 48.6 Å². The van der Waals surface area contributed by atoms with Gasteiger partial charge in [-0.15, -0.1) is 0 Å². The highest BCUT2D eigenvalue weighted by molar-refractivity contribution is 5.68. The lowest BCUT2D eigenvalue weighted by Gasteiger charge is -2.31. The normalized spacial score (nSPS) is 23.0. The van der Waals surface area contributed by atoms with Crippen molar-refractivity contribution in [3.63, 3.8) is 0 Å². The molecule has 0 unspecified atom stereocenters. The lowest BCUT2D eigenvalue weighted by atomic mass is 9.75. The molecule has 2 aromatic carbocycles. The van der Waals surface area contributed by atoms with Gasteiger partial charge in [0.1, 0.15) is 0 Å². The van der Waals surface area contributed by atoms with Gasteiger partial charge in [-0.1, -0.05) is 89.5 Å². The number of ether oxygens (including phenoxy) is 1. The maximum absolute atomic E-state index is 14.3. The molecule has 2 aliphatic rings. The first-order valence-corrected chi connectivity index (χ1v) is 17.8. The zero-order valence-electron chi connectivity index (χ0n) is 27.6. The first-order chi connectivity index (χ1) is 21.9. The summed E-state index contributed by atoms with van der Waals surface area (Å²) >= 11 is 0. The van der Waals surface area contributed by atoms with Crippen LogP contribution >= 0.6 is 0 Å². The van der Waals surface area contributed by atoms with Gasteiger partial charge < -0.3 is 4.74 Å². The summed E-state index contributed by atoms with van der Waals surface area (Å²) in [6.45, 7) is 5.15. The second kappa shape index (κ2) is 18.7. The summed E-state index contributed by atoms with van der Waals surface area (Å²) in [4.78, 5) is 0. The topological polar surface area (TPSA) is 9.23 Å². The van der Waals surface area contributed by atoms with Gasteiger partial charge >= 0.3 is 0 Å². The van der Waals surface area contributed by atoms with E-state index in [1.165, 1.54) is 75.6 Å².